The largest absolute Gasteiger partial charge is 0.385 e. The molecule has 0 aliphatic heterocycles. The lowest BCUT2D eigenvalue weighted by Gasteiger charge is -2.42. The molecule has 0 bridgehead atoms. The van der Waals surface area contributed by atoms with Gasteiger partial charge in [-0.1, -0.05) is 25.0 Å². The normalized spacial score (nSPS) is 33.1. The fourth-order valence-corrected chi connectivity index (χ4v) is 2.55. The van der Waals surface area contributed by atoms with Crippen molar-refractivity contribution >= 4 is 12.1 Å². The summed E-state index contributed by atoms with van der Waals surface area (Å²) in [5, 5.41) is 10.4. The van der Waals surface area contributed by atoms with Gasteiger partial charge in [-0.25, -0.2) is 0 Å². The number of carbonyl (C=O) groups excluding carboxylic acids is 2. The molecule has 0 saturated heterocycles. The molecule has 0 aromatic heterocycles. The third-order valence-electron chi connectivity index (χ3n) is 3.80. The van der Waals surface area contributed by atoms with Gasteiger partial charge in [0.2, 0.25) is 0 Å². The smallest absolute Gasteiger partial charge is 0.149 e. The summed E-state index contributed by atoms with van der Waals surface area (Å²) in [6, 6.07) is 0. The van der Waals surface area contributed by atoms with Gasteiger partial charge in [-0.15, -0.1) is 0 Å². The molecular weight excluding hydrogens is 216 g/mol. The molecule has 1 rings (SSSR count). The second kappa shape index (κ2) is 5.13. The predicted octanol–water partition coefficient (Wildman–Crippen LogP) is 2.42. The Balaban J connectivity index is 3.03. The van der Waals surface area contributed by atoms with Crippen LogP contribution in [0.15, 0.2) is 11.6 Å². The lowest BCUT2D eigenvalue weighted by atomic mass is 9.63. The van der Waals surface area contributed by atoms with Crippen LogP contribution in [0.25, 0.3) is 0 Å². The molecule has 1 N–H and O–H groups in total. The van der Waals surface area contributed by atoms with Crippen molar-refractivity contribution < 1.29 is 14.7 Å². The summed E-state index contributed by atoms with van der Waals surface area (Å²) in [5.74, 6) is -0.122. The number of aliphatic hydroxyl groups is 1. The fraction of sp³-hybridized carbons (Fsp3) is 0.714. The quantitative estimate of drug-likeness (QED) is 0.454. The molecule has 0 saturated carbocycles. The van der Waals surface area contributed by atoms with Crippen LogP contribution in [-0.2, 0) is 9.59 Å². The zero-order valence-electron chi connectivity index (χ0n) is 11.0. The number of allylic oxidation sites excluding steroid dienone is 1. The average molecular weight is 238 g/mol. The molecule has 17 heavy (non-hydrogen) atoms. The highest BCUT2D eigenvalue weighted by Crippen LogP contribution is 2.43. The predicted molar refractivity (Wildman–Crippen MR) is 66.6 cm³/mol. The van der Waals surface area contributed by atoms with E-state index in [9.17, 15) is 14.7 Å². The standard InChI is InChI=1S/C14H22O3/c1-4-5-6-12(16)14(10-15)8-7-11(2)9-13(14,3)17/h9-10,17H,4-8H2,1-3H3. The molecule has 96 valence electrons. The maximum Gasteiger partial charge on any atom is 0.149 e. The number of hydrogen-bond acceptors (Lipinski definition) is 3. The molecule has 0 fully saturated rings. The summed E-state index contributed by atoms with van der Waals surface area (Å²) in [6.45, 7) is 5.48. The number of hydrogen-bond donors (Lipinski definition) is 1. The van der Waals surface area contributed by atoms with Gasteiger partial charge >= 0.3 is 0 Å². The average Bonchev–Trinajstić information content (AvgIpc) is 2.25. The molecule has 0 spiro atoms. The Morgan fingerprint density at radius 1 is 1.59 bits per heavy atom. The summed E-state index contributed by atoms with van der Waals surface area (Å²) in [6.07, 6.45) is 5.51. The zero-order valence-corrected chi connectivity index (χ0v) is 11.0. The van der Waals surface area contributed by atoms with Gasteiger partial charge in [0, 0.05) is 6.42 Å². The van der Waals surface area contributed by atoms with Crippen molar-refractivity contribution in [1.82, 2.24) is 0 Å². The van der Waals surface area contributed by atoms with E-state index in [1.54, 1.807) is 13.0 Å². The topological polar surface area (TPSA) is 54.4 Å². The molecule has 0 amide bonds. The van der Waals surface area contributed by atoms with E-state index in [0.29, 0.717) is 25.5 Å². The number of unbranched alkanes of at least 4 members (excludes halogenated alkanes) is 1. The van der Waals surface area contributed by atoms with Crippen molar-refractivity contribution in [1.29, 1.82) is 0 Å². The van der Waals surface area contributed by atoms with E-state index < -0.39 is 11.0 Å². The summed E-state index contributed by atoms with van der Waals surface area (Å²) in [5.41, 5.74) is -1.54. The minimum Gasteiger partial charge on any atom is -0.385 e. The van der Waals surface area contributed by atoms with Crippen LogP contribution in [0.3, 0.4) is 0 Å². The van der Waals surface area contributed by atoms with Crippen LogP contribution in [0, 0.1) is 5.41 Å². The summed E-state index contributed by atoms with van der Waals surface area (Å²) in [4.78, 5) is 23.6. The van der Waals surface area contributed by atoms with E-state index >= 15 is 0 Å². The fourth-order valence-electron chi connectivity index (χ4n) is 2.55. The number of Topliss-reactive ketones (excluding diaryl/α,β-unsaturated/α-hetero) is 1. The highest BCUT2D eigenvalue weighted by molar-refractivity contribution is 6.00. The third kappa shape index (κ3) is 2.49. The molecule has 1 aliphatic rings. The Hall–Kier alpha value is -0.960. The van der Waals surface area contributed by atoms with Crippen LogP contribution in [0.4, 0.5) is 0 Å². The minimum absolute atomic E-state index is 0.122. The zero-order chi connectivity index (χ0) is 13.1. The van der Waals surface area contributed by atoms with Crippen molar-refractivity contribution in [2.45, 2.75) is 58.5 Å². The lowest BCUT2D eigenvalue weighted by molar-refractivity contribution is -0.149. The maximum absolute atomic E-state index is 12.2. The van der Waals surface area contributed by atoms with Gasteiger partial charge in [0.05, 0.1) is 5.60 Å². The van der Waals surface area contributed by atoms with Crippen LogP contribution in [0.2, 0.25) is 0 Å². The molecule has 0 heterocycles. The second-order valence-electron chi connectivity index (χ2n) is 5.25. The number of ketones is 1. The summed E-state index contributed by atoms with van der Waals surface area (Å²) >= 11 is 0. The number of rotatable bonds is 5. The van der Waals surface area contributed by atoms with E-state index in [1.807, 2.05) is 13.8 Å². The first-order valence-corrected chi connectivity index (χ1v) is 6.30. The van der Waals surface area contributed by atoms with Crippen molar-refractivity contribution in [3.8, 4) is 0 Å². The van der Waals surface area contributed by atoms with Crippen LogP contribution in [0.5, 0.6) is 0 Å². The molecule has 0 aromatic carbocycles. The molecule has 1 aliphatic carbocycles. The first-order valence-electron chi connectivity index (χ1n) is 6.30. The first-order chi connectivity index (χ1) is 7.89. The van der Waals surface area contributed by atoms with E-state index in [0.717, 1.165) is 18.4 Å². The Morgan fingerprint density at radius 2 is 2.24 bits per heavy atom. The molecule has 2 atom stereocenters. The summed E-state index contributed by atoms with van der Waals surface area (Å²) in [7, 11) is 0. The van der Waals surface area contributed by atoms with Gasteiger partial charge in [-0.3, -0.25) is 4.79 Å². The molecular formula is C14H22O3. The molecule has 0 aromatic rings. The minimum atomic E-state index is -1.35. The van der Waals surface area contributed by atoms with Crippen molar-refractivity contribution in [3.63, 3.8) is 0 Å². The van der Waals surface area contributed by atoms with Gasteiger partial charge in [0.1, 0.15) is 17.5 Å². The second-order valence-corrected chi connectivity index (χ2v) is 5.25. The Kier molecular flexibility index (Phi) is 4.26. The van der Waals surface area contributed by atoms with Gasteiger partial charge in [-0.2, -0.15) is 0 Å². The highest BCUT2D eigenvalue weighted by atomic mass is 16.3. The SMILES string of the molecule is CCCCC(=O)C1(C=O)CCC(C)=CC1(C)O. The number of carbonyl (C=O) groups is 2. The maximum atomic E-state index is 12.2. The molecule has 2 unspecified atom stereocenters. The monoisotopic (exact) mass is 238 g/mol. The van der Waals surface area contributed by atoms with Crippen LogP contribution in [0.1, 0.15) is 52.9 Å². The lowest BCUT2D eigenvalue weighted by Crippen LogP contribution is -2.53. The van der Waals surface area contributed by atoms with E-state index in [1.165, 1.54) is 0 Å². The molecule has 3 heteroatoms. The van der Waals surface area contributed by atoms with Crippen molar-refractivity contribution in [2.75, 3.05) is 0 Å². The number of aldehydes is 1. The van der Waals surface area contributed by atoms with Gasteiger partial charge in [-0.05, 0) is 33.1 Å². The van der Waals surface area contributed by atoms with Crippen LogP contribution < -0.4 is 0 Å². The molecule has 3 nitrogen and oxygen atoms in total. The Bertz CT molecular complexity index is 341. The van der Waals surface area contributed by atoms with Crippen LogP contribution >= 0.6 is 0 Å². The van der Waals surface area contributed by atoms with Crippen molar-refractivity contribution in [2.24, 2.45) is 5.41 Å². The van der Waals surface area contributed by atoms with Crippen molar-refractivity contribution in [3.05, 3.63) is 11.6 Å². The Morgan fingerprint density at radius 3 is 2.71 bits per heavy atom. The van der Waals surface area contributed by atoms with Gasteiger partial charge < -0.3 is 9.90 Å². The Labute approximate surface area is 103 Å². The third-order valence-corrected chi connectivity index (χ3v) is 3.80. The molecule has 0 radical (unpaired) electrons. The van der Waals surface area contributed by atoms with E-state index in [-0.39, 0.29) is 5.78 Å². The van der Waals surface area contributed by atoms with Crippen LogP contribution in [-0.4, -0.2) is 22.8 Å². The van der Waals surface area contributed by atoms with E-state index in [2.05, 4.69) is 0 Å². The first kappa shape index (κ1) is 14.1. The highest BCUT2D eigenvalue weighted by Gasteiger charge is 2.52. The van der Waals surface area contributed by atoms with Gasteiger partial charge in [0.15, 0.2) is 0 Å². The van der Waals surface area contributed by atoms with E-state index in [4.69, 9.17) is 0 Å². The van der Waals surface area contributed by atoms with Gasteiger partial charge in [0.25, 0.3) is 0 Å². The summed E-state index contributed by atoms with van der Waals surface area (Å²) < 4.78 is 0.